The van der Waals surface area contributed by atoms with Gasteiger partial charge in [0.05, 0.1) is 30.4 Å². The molecule has 4 aromatic rings. The molecule has 5 rings (SSSR count). The first-order chi connectivity index (χ1) is 12.7. The SMILES string of the molecule is COc1cccc2cc(-c3n[nH]c4ccc(N5CCOC5=O)cc34)[nH]c12. The lowest BCUT2D eigenvalue weighted by atomic mass is 10.1. The van der Waals surface area contributed by atoms with E-state index in [0.717, 1.165) is 44.6 Å². The number of H-pyrrole nitrogens is 2. The number of cyclic esters (lactones) is 1. The number of fused-ring (bicyclic) bond motifs is 2. The van der Waals surface area contributed by atoms with Crippen LogP contribution < -0.4 is 9.64 Å². The Kier molecular flexibility index (Phi) is 3.15. The number of rotatable bonds is 3. The van der Waals surface area contributed by atoms with Crippen LogP contribution in [0, 0.1) is 0 Å². The number of hydrogen-bond acceptors (Lipinski definition) is 4. The topological polar surface area (TPSA) is 83.2 Å². The van der Waals surface area contributed by atoms with Crippen molar-refractivity contribution in [1.82, 2.24) is 15.2 Å². The molecule has 1 aliphatic heterocycles. The molecule has 1 saturated heterocycles. The Morgan fingerprint density at radius 3 is 2.96 bits per heavy atom. The van der Waals surface area contributed by atoms with E-state index in [2.05, 4.69) is 15.2 Å². The van der Waals surface area contributed by atoms with Gasteiger partial charge < -0.3 is 14.5 Å². The highest BCUT2D eigenvalue weighted by molar-refractivity contribution is 6.00. The van der Waals surface area contributed by atoms with Crippen molar-refractivity contribution in [3.8, 4) is 17.1 Å². The minimum Gasteiger partial charge on any atom is -0.495 e. The fraction of sp³-hybridized carbons (Fsp3) is 0.158. The number of methoxy groups -OCH3 is 1. The molecule has 0 spiro atoms. The first-order valence-electron chi connectivity index (χ1n) is 8.33. The molecule has 0 unspecified atom stereocenters. The van der Waals surface area contributed by atoms with Gasteiger partial charge in [-0.05, 0) is 30.3 Å². The van der Waals surface area contributed by atoms with E-state index in [1.54, 1.807) is 12.0 Å². The predicted octanol–water partition coefficient (Wildman–Crippen LogP) is 3.68. The van der Waals surface area contributed by atoms with Crippen LogP contribution in [0.15, 0.2) is 42.5 Å². The summed E-state index contributed by atoms with van der Waals surface area (Å²) in [6, 6.07) is 13.7. The molecule has 2 aromatic heterocycles. The highest BCUT2D eigenvalue weighted by Crippen LogP contribution is 2.34. The maximum atomic E-state index is 11.9. The van der Waals surface area contributed by atoms with Crippen LogP contribution in [0.4, 0.5) is 10.5 Å². The number of aromatic nitrogens is 3. The molecule has 2 N–H and O–H groups in total. The monoisotopic (exact) mass is 348 g/mol. The van der Waals surface area contributed by atoms with Gasteiger partial charge in [-0.2, -0.15) is 5.10 Å². The highest BCUT2D eigenvalue weighted by Gasteiger charge is 2.24. The Balaban J connectivity index is 1.66. The van der Waals surface area contributed by atoms with Crippen molar-refractivity contribution < 1.29 is 14.3 Å². The Morgan fingerprint density at radius 2 is 2.15 bits per heavy atom. The third-order valence-electron chi connectivity index (χ3n) is 4.71. The zero-order valence-corrected chi connectivity index (χ0v) is 14.1. The lowest BCUT2D eigenvalue weighted by molar-refractivity contribution is 0.181. The van der Waals surface area contributed by atoms with Crippen LogP contribution >= 0.6 is 0 Å². The van der Waals surface area contributed by atoms with Crippen LogP contribution in [0.5, 0.6) is 5.75 Å². The minimum atomic E-state index is -0.315. The van der Waals surface area contributed by atoms with Gasteiger partial charge >= 0.3 is 6.09 Å². The molecule has 2 aromatic carbocycles. The summed E-state index contributed by atoms with van der Waals surface area (Å²) >= 11 is 0. The zero-order chi connectivity index (χ0) is 17.7. The second-order valence-electron chi connectivity index (χ2n) is 6.18. The molecule has 1 amide bonds. The lowest BCUT2D eigenvalue weighted by Crippen LogP contribution is -2.23. The fourth-order valence-electron chi connectivity index (χ4n) is 3.43. The fourth-order valence-corrected chi connectivity index (χ4v) is 3.43. The molecular formula is C19H16N4O3. The Hall–Kier alpha value is -3.48. The molecule has 7 heteroatoms. The second kappa shape index (κ2) is 5.52. The summed E-state index contributed by atoms with van der Waals surface area (Å²) in [5, 5.41) is 9.51. The van der Waals surface area contributed by atoms with Gasteiger partial charge in [-0.25, -0.2) is 4.79 Å². The standard InChI is InChI=1S/C19H16N4O3/c1-25-16-4-2-3-11-9-15(20-17(11)16)18-13-10-12(5-6-14(13)21-22-18)23-7-8-26-19(23)24/h2-6,9-10,20H,7-8H2,1H3,(H,21,22). The van der Waals surface area contributed by atoms with Crippen molar-refractivity contribution >= 4 is 33.6 Å². The molecule has 0 aliphatic carbocycles. The summed E-state index contributed by atoms with van der Waals surface area (Å²) in [6.45, 7) is 0.970. The minimum absolute atomic E-state index is 0.315. The van der Waals surface area contributed by atoms with Gasteiger partial charge in [0.1, 0.15) is 18.1 Å². The number of carbonyl (C=O) groups excluding carboxylic acids is 1. The molecule has 26 heavy (non-hydrogen) atoms. The third kappa shape index (κ3) is 2.13. The van der Waals surface area contributed by atoms with Gasteiger partial charge in [-0.1, -0.05) is 12.1 Å². The molecule has 0 bridgehead atoms. The average Bonchev–Trinajstić information content (AvgIpc) is 3.37. The molecule has 1 aliphatic rings. The normalized spacial score (nSPS) is 14.3. The van der Waals surface area contributed by atoms with E-state index >= 15 is 0 Å². The number of nitrogens with one attached hydrogen (secondary N) is 2. The second-order valence-corrected chi connectivity index (χ2v) is 6.18. The predicted molar refractivity (Wildman–Crippen MR) is 98.6 cm³/mol. The van der Waals surface area contributed by atoms with Gasteiger partial charge in [-0.3, -0.25) is 10.00 Å². The van der Waals surface area contributed by atoms with E-state index in [1.165, 1.54) is 0 Å². The molecule has 0 atom stereocenters. The summed E-state index contributed by atoms with van der Waals surface area (Å²) in [7, 11) is 1.65. The number of hydrogen-bond donors (Lipinski definition) is 2. The first kappa shape index (κ1) is 14.8. The summed E-state index contributed by atoms with van der Waals surface area (Å²) in [5.41, 5.74) is 4.32. The Bertz CT molecular complexity index is 1140. The smallest absolute Gasteiger partial charge is 0.414 e. The number of ether oxygens (including phenoxy) is 2. The van der Waals surface area contributed by atoms with Crippen LogP contribution in [0.1, 0.15) is 0 Å². The molecule has 3 heterocycles. The third-order valence-corrected chi connectivity index (χ3v) is 4.71. The number of anilines is 1. The van der Waals surface area contributed by atoms with Crippen molar-refractivity contribution in [3.63, 3.8) is 0 Å². The molecular weight excluding hydrogens is 332 g/mol. The van der Waals surface area contributed by atoms with Gasteiger partial charge in [0, 0.05) is 16.5 Å². The number of nitrogens with zero attached hydrogens (tertiary/aromatic N) is 2. The molecule has 0 saturated carbocycles. The van der Waals surface area contributed by atoms with Gasteiger partial charge in [0.15, 0.2) is 0 Å². The van der Waals surface area contributed by atoms with Gasteiger partial charge in [0.2, 0.25) is 0 Å². The summed E-state index contributed by atoms with van der Waals surface area (Å²) < 4.78 is 10.5. The quantitative estimate of drug-likeness (QED) is 0.592. The van der Waals surface area contributed by atoms with E-state index in [9.17, 15) is 4.79 Å². The number of carbonyl (C=O) groups is 1. The molecule has 0 radical (unpaired) electrons. The summed E-state index contributed by atoms with van der Waals surface area (Å²) in [6.07, 6.45) is -0.315. The van der Waals surface area contributed by atoms with Crippen LogP contribution in [0.25, 0.3) is 33.2 Å². The van der Waals surface area contributed by atoms with Crippen LogP contribution in [0.3, 0.4) is 0 Å². The number of amides is 1. The highest BCUT2D eigenvalue weighted by atomic mass is 16.6. The van der Waals surface area contributed by atoms with Crippen molar-refractivity contribution in [1.29, 1.82) is 0 Å². The van der Waals surface area contributed by atoms with E-state index < -0.39 is 0 Å². The maximum absolute atomic E-state index is 11.9. The first-order valence-corrected chi connectivity index (χ1v) is 8.33. The maximum Gasteiger partial charge on any atom is 0.414 e. The zero-order valence-electron chi connectivity index (χ0n) is 14.1. The Morgan fingerprint density at radius 1 is 1.23 bits per heavy atom. The number of aromatic amines is 2. The van der Waals surface area contributed by atoms with Crippen molar-refractivity contribution in [2.24, 2.45) is 0 Å². The molecule has 7 nitrogen and oxygen atoms in total. The largest absolute Gasteiger partial charge is 0.495 e. The van der Waals surface area contributed by atoms with E-state index in [1.807, 2.05) is 42.5 Å². The van der Waals surface area contributed by atoms with Gasteiger partial charge in [-0.15, -0.1) is 0 Å². The molecule has 1 fully saturated rings. The van der Waals surface area contributed by atoms with Crippen LogP contribution in [-0.4, -0.2) is 41.5 Å². The number of para-hydroxylation sites is 1. The summed E-state index contributed by atoms with van der Waals surface area (Å²) in [5.74, 6) is 0.786. The molecule has 130 valence electrons. The van der Waals surface area contributed by atoms with Gasteiger partial charge in [0.25, 0.3) is 0 Å². The average molecular weight is 348 g/mol. The van der Waals surface area contributed by atoms with E-state index in [-0.39, 0.29) is 6.09 Å². The number of benzene rings is 2. The van der Waals surface area contributed by atoms with E-state index in [4.69, 9.17) is 9.47 Å². The van der Waals surface area contributed by atoms with Crippen molar-refractivity contribution in [2.75, 3.05) is 25.2 Å². The van der Waals surface area contributed by atoms with Crippen molar-refractivity contribution in [3.05, 3.63) is 42.5 Å². The van der Waals surface area contributed by atoms with Crippen LogP contribution in [-0.2, 0) is 4.74 Å². The summed E-state index contributed by atoms with van der Waals surface area (Å²) in [4.78, 5) is 16.9. The van der Waals surface area contributed by atoms with E-state index in [0.29, 0.717) is 13.2 Å². The van der Waals surface area contributed by atoms with Crippen molar-refractivity contribution in [2.45, 2.75) is 0 Å². The lowest BCUT2D eigenvalue weighted by Gasteiger charge is -2.12. The Labute approximate surface area is 148 Å². The van der Waals surface area contributed by atoms with Crippen LogP contribution in [0.2, 0.25) is 0 Å².